The van der Waals surface area contributed by atoms with Crippen molar-refractivity contribution in [2.75, 3.05) is 0 Å². The Morgan fingerprint density at radius 1 is 0.579 bits per heavy atom. The second kappa shape index (κ2) is 8.39. The average molecular weight is 490 g/mol. The van der Waals surface area contributed by atoms with E-state index in [-0.39, 0.29) is 5.41 Å². The van der Waals surface area contributed by atoms with Gasteiger partial charge in [0.25, 0.3) is 0 Å². The monoisotopic (exact) mass is 489 g/mol. The van der Waals surface area contributed by atoms with Gasteiger partial charge in [-0.05, 0) is 84.3 Å². The molecule has 0 unspecified atom stereocenters. The van der Waals surface area contributed by atoms with Gasteiger partial charge in [0.1, 0.15) is 0 Å². The Morgan fingerprint density at radius 2 is 1.18 bits per heavy atom. The highest BCUT2D eigenvalue weighted by molar-refractivity contribution is 6.21. The van der Waals surface area contributed by atoms with Crippen LogP contribution in [0.2, 0.25) is 0 Å². The predicted molar refractivity (Wildman–Crippen MR) is 162 cm³/mol. The van der Waals surface area contributed by atoms with Crippen molar-refractivity contribution in [2.24, 2.45) is 0 Å². The largest absolute Gasteiger partial charge is 0.264 e. The molecule has 0 N–H and O–H groups in total. The van der Waals surface area contributed by atoms with E-state index >= 15 is 0 Å². The lowest BCUT2D eigenvalue weighted by atomic mass is 9.80. The summed E-state index contributed by atoms with van der Waals surface area (Å²) in [5, 5.41) is 4.99. The van der Waals surface area contributed by atoms with Crippen molar-refractivity contribution < 1.29 is 0 Å². The Bertz CT molecular complexity index is 1800. The number of benzene rings is 5. The smallest absolute Gasteiger partial charge is 0.0353 e. The minimum atomic E-state index is -0.0345. The summed E-state index contributed by atoms with van der Waals surface area (Å²) in [6.45, 7) is 9.20. The summed E-state index contributed by atoms with van der Waals surface area (Å²) >= 11 is 0. The highest BCUT2D eigenvalue weighted by atomic mass is 14.6. The number of aromatic nitrogens is 1. The highest BCUT2D eigenvalue weighted by Crippen LogP contribution is 2.51. The molecule has 1 aliphatic carbocycles. The number of hydrogen-bond acceptors (Lipinski definition) is 1. The van der Waals surface area contributed by atoms with Crippen LogP contribution in [0.25, 0.3) is 54.9 Å². The highest BCUT2D eigenvalue weighted by Gasteiger charge is 2.35. The van der Waals surface area contributed by atoms with Gasteiger partial charge in [-0.15, -0.1) is 0 Å². The molecule has 1 aromatic heterocycles. The lowest BCUT2D eigenvalue weighted by Gasteiger charge is -2.23. The normalized spacial score (nSPS) is 13.7. The zero-order valence-electron chi connectivity index (χ0n) is 22.4. The van der Waals surface area contributed by atoms with Crippen molar-refractivity contribution in [2.45, 2.75) is 39.0 Å². The molecule has 1 heterocycles. The van der Waals surface area contributed by atoms with Crippen LogP contribution in [-0.2, 0) is 5.41 Å². The number of fused-ring (bicyclic) bond motifs is 5. The number of pyridine rings is 1. The molecule has 184 valence electrons. The van der Waals surface area contributed by atoms with E-state index in [9.17, 15) is 0 Å². The molecule has 6 aromatic rings. The molecular formula is C37H31N. The summed E-state index contributed by atoms with van der Waals surface area (Å²) in [6.07, 6.45) is 3.98. The van der Waals surface area contributed by atoms with Crippen molar-refractivity contribution in [1.29, 1.82) is 0 Å². The topological polar surface area (TPSA) is 12.9 Å². The number of nitrogens with zero attached hydrogens (tertiary/aromatic N) is 1. The van der Waals surface area contributed by atoms with Gasteiger partial charge < -0.3 is 0 Å². The summed E-state index contributed by atoms with van der Waals surface area (Å²) in [5.41, 5.74) is 11.9. The molecule has 0 atom stereocenters. The van der Waals surface area contributed by atoms with E-state index in [0.717, 1.165) is 0 Å². The first-order valence-electron chi connectivity index (χ1n) is 13.6. The molecule has 5 aromatic carbocycles. The quantitative estimate of drug-likeness (QED) is 0.225. The van der Waals surface area contributed by atoms with Gasteiger partial charge in [-0.1, -0.05) is 113 Å². The minimum absolute atomic E-state index is 0.0345. The van der Waals surface area contributed by atoms with Gasteiger partial charge in [0.15, 0.2) is 0 Å². The fourth-order valence-electron chi connectivity index (χ4n) is 6.54. The van der Waals surface area contributed by atoms with Crippen molar-refractivity contribution in [3.8, 4) is 33.4 Å². The first-order valence-corrected chi connectivity index (χ1v) is 13.6. The Balaban J connectivity index is 1.52. The second-order valence-corrected chi connectivity index (χ2v) is 11.4. The van der Waals surface area contributed by atoms with Gasteiger partial charge in [0.05, 0.1) is 0 Å². The summed E-state index contributed by atoms with van der Waals surface area (Å²) in [7, 11) is 0. The average Bonchev–Trinajstić information content (AvgIpc) is 3.18. The van der Waals surface area contributed by atoms with Gasteiger partial charge in [0, 0.05) is 23.2 Å². The van der Waals surface area contributed by atoms with Crippen LogP contribution in [0.15, 0.2) is 109 Å². The van der Waals surface area contributed by atoms with Gasteiger partial charge >= 0.3 is 0 Å². The van der Waals surface area contributed by atoms with Crippen LogP contribution in [0, 0.1) is 0 Å². The van der Waals surface area contributed by atoms with E-state index in [1.54, 1.807) is 0 Å². The van der Waals surface area contributed by atoms with Crippen LogP contribution in [-0.4, -0.2) is 4.98 Å². The van der Waals surface area contributed by atoms with E-state index in [1.165, 1.54) is 71.6 Å². The summed E-state index contributed by atoms with van der Waals surface area (Å²) in [4.78, 5) is 4.59. The maximum atomic E-state index is 4.59. The zero-order valence-corrected chi connectivity index (χ0v) is 22.4. The van der Waals surface area contributed by atoms with Crippen LogP contribution in [0.5, 0.6) is 0 Å². The van der Waals surface area contributed by atoms with Crippen LogP contribution in [0.1, 0.15) is 50.3 Å². The third-order valence-corrected chi connectivity index (χ3v) is 8.56. The molecule has 0 spiro atoms. The third kappa shape index (κ3) is 3.28. The molecule has 0 radical (unpaired) electrons. The molecule has 7 rings (SSSR count). The molecule has 0 saturated heterocycles. The third-order valence-electron chi connectivity index (χ3n) is 8.56. The Hall–Kier alpha value is -4.23. The number of hydrogen-bond donors (Lipinski definition) is 0. The zero-order chi connectivity index (χ0) is 26.0. The molecule has 1 nitrogen and oxygen atoms in total. The molecule has 0 fully saturated rings. The van der Waals surface area contributed by atoms with Crippen molar-refractivity contribution >= 4 is 21.5 Å². The first kappa shape index (κ1) is 22.9. The number of rotatable bonds is 3. The summed E-state index contributed by atoms with van der Waals surface area (Å²) < 4.78 is 0. The van der Waals surface area contributed by atoms with Gasteiger partial charge in [-0.3, -0.25) is 4.98 Å². The van der Waals surface area contributed by atoms with Crippen LogP contribution >= 0.6 is 0 Å². The van der Waals surface area contributed by atoms with Crippen LogP contribution in [0.4, 0.5) is 0 Å². The molecule has 0 saturated carbocycles. The van der Waals surface area contributed by atoms with Crippen molar-refractivity contribution in [3.05, 3.63) is 126 Å². The van der Waals surface area contributed by atoms with E-state index < -0.39 is 0 Å². The Kier molecular flexibility index (Phi) is 5.07. The second-order valence-electron chi connectivity index (χ2n) is 11.4. The van der Waals surface area contributed by atoms with Crippen molar-refractivity contribution in [1.82, 2.24) is 4.98 Å². The van der Waals surface area contributed by atoms with Gasteiger partial charge in [-0.25, -0.2) is 0 Å². The minimum Gasteiger partial charge on any atom is -0.264 e. The van der Waals surface area contributed by atoms with Crippen LogP contribution in [0.3, 0.4) is 0 Å². The molecular weight excluding hydrogens is 458 g/mol. The first-order chi connectivity index (χ1) is 18.4. The summed E-state index contributed by atoms with van der Waals surface area (Å²) in [6, 6.07) is 36.1. The maximum absolute atomic E-state index is 4.59. The van der Waals surface area contributed by atoms with Gasteiger partial charge in [0.2, 0.25) is 0 Å². The fourth-order valence-corrected chi connectivity index (χ4v) is 6.54. The summed E-state index contributed by atoms with van der Waals surface area (Å²) in [5.74, 6) is 0.511. The molecule has 38 heavy (non-hydrogen) atoms. The maximum Gasteiger partial charge on any atom is 0.0353 e. The molecule has 1 aliphatic rings. The van der Waals surface area contributed by atoms with Crippen molar-refractivity contribution in [3.63, 3.8) is 0 Å². The molecule has 1 heteroatoms. The van der Waals surface area contributed by atoms with E-state index in [4.69, 9.17) is 0 Å². The SMILES string of the molecule is CC(C)c1ccc(-c2c3ccccc3c(-c3ccc4c(c3)C(C)(C)c3ccccc3-4)c3ccncc23)cc1. The van der Waals surface area contributed by atoms with E-state index in [1.807, 2.05) is 12.4 Å². The lowest BCUT2D eigenvalue weighted by Crippen LogP contribution is -2.14. The van der Waals surface area contributed by atoms with E-state index in [0.29, 0.717) is 5.92 Å². The Labute approximate surface area is 224 Å². The Morgan fingerprint density at radius 3 is 1.92 bits per heavy atom. The predicted octanol–water partition coefficient (Wildman–Crippen LogP) is 10.2. The van der Waals surface area contributed by atoms with E-state index in [2.05, 4.69) is 130 Å². The standard InChI is InChI=1S/C37H31N/c1-23(2)24-13-15-25(16-14-24)35-29-10-5-6-11-30(29)36(31-19-20-38-22-32(31)35)26-17-18-28-27-9-7-8-12-33(27)37(3,4)34(28)21-26/h5-23H,1-4H3. The molecule has 0 bridgehead atoms. The molecule has 0 aliphatic heterocycles. The lowest BCUT2D eigenvalue weighted by molar-refractivity contribution is 0.660. The molecule has 0 amide bonds. The fraction of sp³-hybridized carbons (Fsp3) is 0.162. The van der Waals surface area contributed by atoms with Crippen LogP contribution < -0.4 is 0 Å². The van der Waals surface area contributed by atoms with Gasteiger partial charge in [-0.2, -0.15) is 0 Å².